The molecule has 1 aromatic rings. The number of likely N-dealkylation sites (tertiary alicyclic amines) is 1. The molecule has 0 spiro atoms. The summed E-state index contributed by atoms with van der Waals surface area (Å²) >= 11 is 5.65. The van der Waals surface area contributed by atoms with Gasteiger partial charge >= 0.3 is 0 Å². The number of piperidine rings is 1. The molecule has 0 atom stereocenters. The van der Waals surface area contributed by atoms with Crippen molar-refractivity contribution in [2.75, 3.05) is 13.1 Å². The normalized spacial score (nSPS) is 17.2. The summed E-state index contributed by atoms with van der Waals surface area (Å²) < 4.78 is 1.93. The lowest BCUT2D eigenvalue weighted by molar-refractivity contribution is 0.0714. The Kier molecular flexibility index (Phi) is 4.43. The van der Waals surface area contributed by atoms with E-state index in [1.54, 1.807) is 0 Å². The zero-order valence-electron chi connectivity index (χ0n) is 9.33. The highest BCUT2D eigenvalue weighted by Crippen LogP contribution is 2.22. The molecule has 0 saturated carbocycles. The summed E-state index contributed by atoms with van der Waals surface area (Å²) in [6, 6.07) is 6.07. The molecule has 0 bridgehead atoms. The van der Waals surface area contributed by atoms with Crippen LogP contribution in [0.3, 0.4) is 0 Å². The minimum atomic E-state index is 0.0993. The zero-order chi connectivity index (χ0) is 12.4. The number of carbonyl (C=O) groups excluding carboxylic acids is 1. The Morgan fingerprint density at radius 2 is 2.06 bits per heavy atom. The molecule has 0 radical (unpaired) electrons. The lowest BCUT2D eigenvalue weighted by Crippen LogP contribution is -2.42. The first-order chi connectivity index (χ1) is 8.08. The minimum absolute atomic E-state index is 0.0993. The van der Waals surface area contributed by atoms with Crippen molar-refractivity contribution in [2.24, 2.45) is 5.73 Å². The molecule has 17 heavy (non-hydrogen) atoms. The van der Waals surface area contributed by atoms with Gasteiger partial charge in [0.1, 0.15) is 0 Å². The van der Waals surface area contributed by atoms with Crippen LogP contribution in [0.5, 0.6) is 0 Å². The van der Waals surface area contributed by atoms with Crippen LogP contribution in [-0.2, 0) is 0 Å². The Bertz CT molecular complexity index is 431. The van der Waals surface area contributed by atoms with Crippen molar-refractivity contribution in [2.45, 2.75) is 18.9 Å². The van der Waals surface area contributed by atoms with Gasteiger partial charge in [-0.05, 0) is 69.6 Å². The summed E-state index contributed by atoms with van der Waals surface area (Å²) in [5.41, 5.74) is 6.58. The lowest BCUT2D eigenvalue weighted by atomic mass is 10.1. The molecule has 1 saturated heterocycles. The van der Waals surface area contributed by atoms with Gasteiger partial charge in [0.05, 0.1) is 5.56 Å². The van der Waals surface area contributed by atoms with Crippen LogP contribution in [-0.4, -0.2) is 29.9 Å². The molecular weight excluding hydrogens is 395 g/mol. The van der Waals surface area contributed by atoms with Crippen LogP contribution in [0.25, 0.3) is 0 Å². The Morgan fingerprint density at radius 3 is 2.71 bits per heavy atom. The van der Waals surface area contributed by atoms with E-state index in [1.165, 1.54) is 0 Å². The van der Waals surface area contributed by atoms with E-state index in [0.717, 1.165) is 39.5 Å². The van der Waals surface area contributed by atoms with Crippen LogP contribution < -0.4 is 5.73 Å². The highest BCUT2D eigenvalue weighted by molar-refractivity contribution is 14.1. The van der Waals surface area contributed by atoms with Gasteiger partial charge in [-0.15, -0.1) is 0 Å². The molecule has 1 fully saturated rings. The van der Waals surface area contributed by atoms with Crippen LogP contribution in [0, 0.1) is 3.57 Å². The quantitative estimate of drug-likeness (QED) is 0.726. The predicted octanol–water partition coefficient (Wildman–Crippen LogP) is 2.62. The first-order valence-electron chi connectivity index (χ1n) is 5.58. The van der Waals surface area contributed by atoms with E-state index < -0.39 is 0 Å². The maximum absolute atomic E-state index is 12.3. The Labute approximate surface area is 123 Å². The first kappa shape index (κ1) is 13.3. The van der Waals surface area contributed by atoms with Gasteiger partial charge in [-0.3, -0.25) is 4.79 Å². The smallest absolute Gasteiger partial charge is 0.255 e. The first-order valence-corrected chi connectivity index (χ1v) is 7.45. The Morgan fingerprint density at radius 1 is 1.41 bits per heavy atom. The highest BCUT2D eigenvalue weighted by atomic mass is 127. The third-order valence-electron chi connectivity index (χ3n) is 2.99. The van der Waals surface area contributed by atoms with E-state index in [4.69, 9.17) is 5.73 Å². The maximum atomic E-state index is 12.3. The summed E-state index contributed by atoms with van der Waals surface area (Å²) in [5.74, 6) is 0.0993. The van der Waals surface area contributed by atoms with Gasteiger partial charge in [0.2, 0.25) is 0 Å². The van der Waals surface area contributed by atoms with Gasteiger partial charge in [0.15, 0.2) is 0 Å². The molecule has 0 aromatic heterocycles. The van der Waals surface area contributed by atoms with Gasteiger partial charge in [-0.25, -0.2) is 0 Å². The van der Waals surface area contributed by atoms with Crippen molar-refractivity contribution >= 4 is 44.4 Å². The van der Waals surface area contributed by atoms with Crippen LogP contribution in [0.2, 0.25) is 0 Å². The second kappa shape index (κ2) is 5.67. The van der Waals surface area contributed by atoms with Crippen molar-refractivity contribution in [3.8, 4) is 0 Å². The van der Waals surface area contributed by atoms with E-state index in [2.05, 4.69) is 38.5 Å². The second-order valence-electron chi connectivity index (χ2n) is 4.25. The van der Waals surface area contributed by atoms with Crippen molar-refractivity contribution in [1.29, 1.82) is 0 Å². The highest BCUT2D eigenvalue weighted by Gasteiger charge is 2.23. The molecule has 2 rings (SSSR count). The topological polar surface area (TPSA) is 46.3 Å². The van der Waals surface area contributed by atoms with Crippen LogP contribution in [0.4, 0.5) is 0 Å². The molecule has 1 aliphatic rings. The van der Waals surface area contributed by atoms with Crippen molar-refractivity contribution < 1.29 is 4.79 Å². The summed E-state index contributed by atoms with van der Waals surface area (Å²) in [6.45, 7) is 1.52. The third-order valence-corrected chi connectivity index (χ3v) is 4.35. The van der Waals surface area contributed by atoms with Crippen molar-refractivity contribution in [3.63, 3.8) is 0 Å². The predicted molar refractivity (Wildman–Crippen MR) is 80.0 cm³/mol. The number of halogens is 2. The van der Waals surface area contributed by atoms with Crippen molar-refractivity contribution in [1.82, 2.24) is 4.90 Å². The number of rotatable bonds is 1. The summed E-state index contributed by atoms with van der Waals surface area (Å²) in [6.07, 6.45) is 1.79. The molecule has 0 aliphatic carbocycles. The molecule has 1 aliphatic heterocycles. The summed E-state index contributed by atoms with van der Waals surface area (Å²) in [5, 5.41) is 0. The number of amides is 1. The molecule has 0 unspecified atom stereocenters. The summed E-state index contributed by atoms with van der Waals surface area (Å²) in [7, 11) is 0. The molecular formula is C12H14BrIN2O. The van der Waals surface area contributed by atoms with E-state index >= 15 is 0 Å². The average Bonchev–Trinajstić information content (AvgIpc) is 2.32. The monoisotopic (exact) mass is 408 g/mol. The van der Waals surface area contributed by atoms with Gasteiger partial charge in [0, 0.05) is 27.2 Å². The van der Waals surface area contributed by atoms with Gasteiger partial charge in [-0.2, -0.15) is 0 Å². The van der Waals surface area contributed by atoms with Gasteiger partial charge < -0.3 is 10.6 Å². The molecule has 3 nitrogen and oxygen atoms in total. The number of hydrogen-bond donors (Lipinski definition) is 1. The Balaban J connectivity index is 2.16. The van der Waals surface area contributed by atoms with Crippen LogP contribution in [0.15, 0.2) is 22.7 Å². The van der Waals surface area contributed by atoms with E-state index in [9.17, 15) is 4.79 Å². The van der Waals surface area contributed by atoms with E-state index in [-0.39, 0.29) is 11.9 Å². The van der Waals surface area contributed by atoms with Gasteiger partial charge in [-0.1, -0.05) is 0 Å². The number of benzene rings is 1. The molecule has 2 N–H and O–H groups in total. The lowest BCUT2D eigenvalue weighted by Gasteiger charge is -2.30. The van der Waals surface area contributed by atoms with E-state index in [1.807, 2.05) is 23.1 Å². The second-order valence-corrected chi connectivity index (χ2v) is 6.35. The van der Waals surface area contributed by atoms with Crippen LogP contribution in [0.1, 0.15) is 23.2 Å². The summed E-state index contributed by atoms with van der Waals surface area (Å²) in [4.78, 5) is 14.2. The largest absolute Gasteiger partial charge is 0.338 e. The number of hydrogen-bond acceptors (Lipinski definition) is 2. The fraction of sp³-hybridized carbons (Fsp3) is 0.417. The molecule has 1 amide bonds. The Hall–Kier alpha value is -0.140. The number of nitrogens with two attached hydrogens (primary N) is 1. The SMILES string of the molecule is NC1CCN(C(=O)c2cc(I)ccc2Br)CC1. The molecule has 1 heterocycles. The van der Waals surface area contributed by atoms with E-state index in [0.29, 0.717) is 0 Å². The average molecular weight is 409 g/mol. The number of nitrogens with zero attached hydrogens (tertiary/aromatic N) is 1. The fourth-order valence-electron chi connectivity index (χ4n) is 1.93. The molecule has 5 heteroatoms. The zero-order valence-corrected chi connectivity index (χ0v) is 13.1. The molecule has 1 aromatic carbocycles. The van der Waals surface area contributed by atoms with Crippen molar-refractivity contribution in [3.05, 3.63) is 31.8 Å². The molecule has 92 valence electrons. The number of carbonyl (C=O) groups is 1. The van der Waals surface area contributed by atoms with Gasteiger partial charge in [0.25, 0.3) is 5.91 Å². The van der Waals surface area contributed by atoms with Crippen LogP contribution >= 0.6 is 38.5 Å². The fourth-order valence-corrected chi connectivity index (χ4v) is 2.84. The maximum Gasteiger partial charge on any atom is 0.255 e. The third kappa shape index (κ3) is 3.20. The standard InChI is InChI=1S/C12H14BrIN2O/c13-11-2-1-8(14)7-10(11)12(17)16-5-3-9(15)4-6-16/h1-2,7,9H,3-6,15H2. The minimum Gasteiger partial charge on any atom is -0.338 e.